The standard InChI is InChI=1S/C14H20N2O/c1-16(14(17)8-11-5-6-11)10-13-4-2-3-12(7-13)9-15/h2-4,7,11H,5-6,8-10,15H2,1H3. The molecule has 92 valence electrons. The van der Waals surface area contributed by atoms with Gasteiger partial charge in [-0.3, -0.25) is 4.79 Å². The number of hydrogen-bond donors (Lipinski definition) is 1. The van der Waals surface area contributed by atoms with Gasteiger partial charge in [0.15, 0.2) is 0 Å². The molecule has 3 nitrogen and oxygen atoms in total. The summed E-state index contributed by atoms with van der Waals surface area (Å²) in [6, 6.07) is 8.12. The normalized spacial score (nSPS) is 14.7. The average molecular weight is 232 g/mol. The van der Waals surface area contributed by atoms with Crippen molar-refractivity contribution < 1.29 is 4.79 Å². The van der Waals surface area contributed by atoms with Crippen LogP contribution in [-0.4, -0.2) is 17.9 Å². The van der Waals surface area contributed by atoms with Gasteiger partial charge in [0.05, 0.1) is 0 Å². The SMILES string of the molecule is CN(Cc1cccc(CN)c1)C(=O)CC1CC1. The zero-order valence-corrected chi connectivity index (χ0v) is 10.4. The van der Waals surface area contributed by atoms with Gasteiger partial charge in [0.2, 0.25) is 5.91 Å². The maximum absolute atomic E-state index is 11.9. The number of hydrogen-bond acceptors (Lipinski definition) is 2. The van der Waals surface area contributed by atoms with Crippen molar-refractivity contribution in [2.24, 2.45) is 11.7 Å². The van der Waals surface area contributed by atoms with Crippen LogP contribution in [0.3, 0.4) is 0 Å². The Morgan fingerprint density at radius 3 is 2.76 bits per heavy atom. The number of rotatable bonds is 5. The molecule has 1 aromatic rings. The highest BCUT2D eigenvalue weighted by Gasteiger charge is 2.25. The maximum atomic E-state index is 11.9. The Balaban J connectivity index is 1.91. The Morgan fingerprint density at radius 2 is 2.12 bits per heavy atom. The molecular weight excluding hydrogens is 212 g/mol. The molecule has 0 bridgehead atoms. The van der Waals surface area contributed by atoms with E-state index in [4.69, 9.17) is 5.73 Å². The second-order valence-electron chi connectivity index (χ2n) is 4.92. The first kappa shape index (κ1) is 12.1. The number of carbonyl (C=O) groups is 1. The highest BCUT2D eigenvalue weighted by molar-refractivity contribution is 5.76. The number of nitrogens with zero attached hydrogens (tertiary/aromatic N) is 1. The average Bonchev–Trinajstić information content (AvgIpc) is 3.13. The summed E-state index contributed by atoms with van der Waals surface area (Å²) >= 11 is 0. The second kappa shape index (κ2) is 5.32. The van der Waals surface area contributed by atoms with Crippen molar-refractivity contribution in [3.05, 3.63) is 35.4 Å². The molecule has 3 heteroatoms. The van der Waals surface area contributed by atoms with Gasteiger partial charge in [-0.2, -0.15) is 0 Å². The van der Waals surface area contributed by atoms with E-state index in [1.165, 1.54) is 12.8 Å². The Bertz CT molecular complexity index is 399. The van der Waals surface area contributed by atoms with E-state index < -0.39 is 0 Å². The number of amides is 1. The van der Waals surface area contributed by atoms with Crippen molar-refractivity contribution in [1.82, 2.24) is 4.90 Å². The van der Waals surface area contributed by atoms with Crippen molar-refractivity contribution in [3.63, 3.8) is 0 Å². The molecule has 1 aromatic carbocycles. The molecule has 2 rings (SSSR count). The highest BCUT2D eigenvalue weighted by atomic mass is 16.2. The third-order valence-corrected chi connectivity index (χ3v) is 3.23. The van der Waals surface area contributed by atoms with Crippen LogP contribution in [0.4, 0.5) is 0 Å². The molecule has 0 spiro atoms. The fourth-order valence-corrected chi connectivity index (χ4v) is 1.94. The van der Waals surface area contributed by atoms with E-state index in [1.54, 1.807) is 0 Å². The maximum Gasteiger partial charge on any atom is 0.222 e. The van der Waals surface area contributed by atoms with Crippen LogP contribution in [0.15, 0.2) is 24.3 Å². The van der Waals surface area contributed by atoms with E-state index in [0.717, 1.165) is 11.1 Å². The molecule has 0 aromatic heterocycles. The largest absolute Gasteiger partial charge is 0.341 e. The number of carbonyl (C=O) groups excluding carboxylic acids is 1. The van der Waals surface area contributed by atoms with Crippen molar-refractivity contribution in [2.45, 2.75) is 32.4 Å². The van der Waals surface area contributed by atoms with Crippen LogP contribution in [0.2, 0.25) is 0 Å². The molecule has 0 radical (unpaired) electrons. The molecule has 1 aliphatic carbocycles. The fourth-order valence-electron chi connectivity index (χ4n) is 1.94. The molecule has 1 amide bonds. The van der Waals surface area contributed by atoms with Crippen LogP contribution in [-0.2, 0) is 17.9 Å². The van der Waals surface area contributed by atoms with Gasteiger partial charge in [0, 0.05) is 26.6 Å². The van der Waals surface area contributed by atoms with Crippen LogP contribution in [0, 0.1) is 5.92 Å². The number of nitrogens with two attached hydrogens (primary N) is 1. The lowest BCUT2D eigenvalue weighted by Gasteiger charge is -2.17. The minimum Gasteiger partial charge on any atom is -0.341 e. The third kappa shape index (κ3) is 3.56. The van der Waals surface area contributed by atoms with Crippen molar-refractivity contribution in [3.8, 4) is 0 Å². The smallest absolute Gasteiger partial charge is 0.222 e. The summed E-state index contributed by atoms with van der Waals surface area (Å²) in [5.41, 5.74) is 7.87. The Morgan fingerprint density at radius 1 is 1.41 bits per heavy atom. The van der Waals surface area contributed by atoms with Gasteiger partial charge < -0.3 is 10.6 Å². The monoisotopic (exact) mass is 232 g/mol. The van der Waals surface area contributed by atoms with Gasteiger partial charge in [0.1, 0.15) is 0 Å². The first-order valence-electron chi connectivity index (χ1n) is 6.21. The quantitative estimate of drug-likeness (QED) is 0.843. The van der Waals surface area contributed by atoms with E-state index in [2.05, 4.69) is 6.07 Å². The molecule has 1 saturated carbocycles. The molecule has 0 saturated heterocycles. The lowest BCUT2D eigenvalue weighted by atomic mass is 10.1. The van der Waals surface area contributed by atoms with Gasteiger partial charge in [-0.25, -0.2) is 0 Å². The summed E-state index contributed by atoms with van der Waals surface area (Å²) in [7, 11) is 1.87. The van der Waals surface area contributed by atoms with Crippen LogP contribution >= 0.6 is 0 Å². The van der Waals surface area contributed by atoms with E-state index in [0.29, 0.717) is 25.4 Å². The lowest BCUT2D eigenvalue weighted by molar-refractivity contribution is -0.130. The van der Waals surface area contributed by atoms with Crippen LogP contribution in [0.25, 0.3) is 0 Å². The Kier molecular flexibility index (Phi) is 3.79. The number of benzene rings is 1. The summed E-state index contributed by atoms with van der Waals surface area (Å²) in [6.45, 7) is 1.23. The molecule has 2 N–H and O–H groups in total. The molecule has 0 unspecified atom stereocenters. The topological polar surface area (TPSA) is 46.3 Å². The van der Waals surface area contributed by atoms with Crippen molar-refractivity contribution in [2.75, 3.05) is 7.05 Å². The second-order valence-corrected chi connectivity index (χ2v) is 4.92. The zero-order valence-electron chi connectivity index (χ0n) is 10.4. The summed E-state index contributed by atoms with van der Waals surface area (Å²) in [4.78, 5) is 13.7. The summed E-state index contributed by atoms with van der Waals surface area (Å²) in [5, 5.41) is 0. The van der Waals surface area contributed by atoms with Gasteiger partial charge in [0.25, 0.3) is 0 Å². The molecule has 17 heavy (non-hydrogen) atoms. The van der Waals surface area contributed by atoms with E-state index in [-0.39, 0.29) is 5.91 Å². The molecule has 0 heterocycles. The minimum atomic E-state index is 0.255. The minimum absolute atomic E-state index is 0.255. The van der Waals surface area contributed by atoms with Crippen LogP contribution in [0.5, 0.6) is 0 Å². The highest BCUT2D eigenvalue weighted by Crippen LogP contribution is 2.32. The summed E-state index contributed by atoms with van der Waals surface area (Å²) in [5.74, 6) is 0.908. The third-order valence-electron chi connectivity index (χ3n) is 3.23. The molecule has 0 aliphatic heterocycles. The van der Waals surface area contributed by atoms with Gasteiger partial charge >= 0.3 is 0 Å². The zero-order chi connectivity index (χ0) is 12.3. The predicted molar refractivity (Wildman–Crippen MR) is 68.1 cm³/mol. The van der Waals surface area contributed by atoms with Gasteiger partial charge in [-0.05, 0) is 29.9 Å². The molecule has 1 aliphatic rings. The predicted octanol–water partition coefficient (Wildman–Crippen LogP) is 1.90. The van der Waals surface area contributed by atoms with E-state index in [1.807, 2.05) is 30.1 Å². The van der Waals surface area contributed by atoms with E-state index in [9.17, 15) is 4.79 Å². The molecular formula is C14H20N2O. The van der Waals surface area contributed by atoms with Gasteiger partial charge in [-0.1, -0.05) is 24.3 Å². The molecule has 0 atom stereocenters. The van der Waals surface area contributed by atoms with Crippen LogP contribution < -0.4 is 5.73 Å². The first-order chi connectivity index (χ1) is 8.19. The fraction of sp³-hybridized carbons (Fsp3) is 0.500. The lowest BCUT2D eigenvalue weighted by Crippen LogP contribution is -2.26. The summed E-state index contributed by atoms with van der Waals surface area (Å²) < 4.78 is 0. The van der Waals surface area contributed by atoms with Gasteiger partial charge in [-0.15, -0.1) is 0 Å². The summed E-state index contributed by atoms with van der Waals surface area (Å²) in [6.07, 6.45) is 3.16. The Hall–Kier alpha value is -1.35. The van der Waals surface area contributed by atoms with E-state index >= 15 is 0 Å². The Labute approximate surface area is 103 Å². The van der Waals surface area contributed by atoms with Crippen molar-refractivity contribution >= 4 is 5.91 Å². The van der Waals surface area contributed by atoms with Crippen LogP contribution in [0.1, 0.15) is 30.4 Å². The first-order valence-corrected chi connectivity index (χ1v) is 6.21. The van der Waals surface area contributed by atoms with Crippen molar-refractivity contribution in [1.29, 1.82) is 0 Å². The molecule has 1 fully saturated rings.